The molecule has 2 aromatic carbocycles. The molecule has 0 spiro atoms. The summed E-state index contributed by atoms with van der Waals surface area (Å²) < 4.78 is 5.83. The second kappa shape index (κ2) is 7.22. The van der Waals surface area contributed by atoms with E-state index in [1.807, 2.05) is 42.5 Å². The monoisotopic (exact) mass is 291 g/mol. The third kappa shape index (κ3) is 4.06. The lowest BCUT2D eigenvalue weighted by molar-refractivity contribution is 0.306. The SMILES string of the molecule is c1ccc(COc2cccc(CNc3ncccn3)c2)cc1. The Morgan fingerprint density at radius 2 is 1.59 bits per heavy atom. The fraction of sp³-hybridized carbons (Fsp3) is 0.111. The Hall–Kier alpha value is -2.88. The number of rotatable bonds is 6. The Bertz CT molecular complexity index is 643. The zero-order valence-corrected chi connectivity index (χ0v) is 12.1. The highest BCUT2D eigenvalue weighted by atomic mass is 16.5. The quantitative estimate of drug-likeness (QED) is 0.753. The summed E-state index contributed by atoms with van der Waals surface area (Å²) in [7, 11) is 0. The molecule has 0 aliphatic carbocycles. The van der Waals surface area contributed by atoms with Crippen molar-refractivity contribution in [1.29, 1.82) is 0 Å². The molecule has 0 fully saturated rings. The molecule has 3 rings (SSSR count). The second-order valence-electron chi connectivity index (χ2n) is 4.85. The first-order chi connectivity index (χ1) is 10.9. The van der Waals surface area contributed by atoms with Crippen LogP contribution in [0.3, 0.4) is 0 Å². The number of ether oxygens (including phenoxy) is 1. The van der Waals surface area contributed by atoms with Gasteiger partial charge < -0.3 is 10.1 Å². The zero-order valence-electron chi connectivity index (χ0n) is 12.1. The topological polar surface area (TPSA) is 47.0 Å². The van der Waals surface area contributed by atoms with Gasteiger partial charge in [0.2, 0.25) is 5.95 Å². The third-order valence-electron chi connectivity index (χ3n) is 3.16. The summed E-state index contributed by atoms with van der Waals surface area (Å²) in [4.78, 5) is 8.28. The van der Waals surface area contributed by atoms with Crippen LogP contribution in [0.2, 0.25) is 0 Å². The Kier molecular flexibility index (Phi) is 4.62. The Morgan fingerprint density at radius 1 is 0.818 bits per heavy atom. The molecule has 0 saturated heterocycles. The van der Waals surface area contributed by atoms with Crippen molar-refractivity contribution in [3.63, 3.8) is 0 Å². The smallest absolute Gasteiger partial charge is 0.222 e. The maximum atomic E-state index is 5.83. The van der Waals surface area contributed by atoms with Crippen LogP contribution in [0.4, 0.5) is 5.95 Å². The molecular formula is C18H17N3O. The molecule has 0 aliphatic heterocycles. The van der Waals surface area contributed by atoms with E-state index in [2.05, 4.69) is 27.4 Å². The molecule has 0 atom stereocenters. The van der Waals surface area contributed by atoms with Crippen LogP contribution < -0.4 is 10.1 Å². The number of nitrogens with one attached hydrogen (secondary N) is 1. The van der Waals surface area contributed by atoms with Crippen molar-refractivity contribution in [1.82, 2.24) is 9.97 Å². The number of hydrogen-bond donors (Lipinski definition) is 1. The predicted octanol–water partition coefficient (Wildman–Crippen LogP) is 3.67. The first kappa shape index (κ1) is 14.1. The summed E-state index contributed by atoms with van der Waals surface area (Å²) in [6, 6.07) is 20.0. The largest absolute Gasteiger partial charge is 0.489 e. The molecular weight excluding hydrogens is 274 g/mol. The highest BCUT2D eigenvalue weighted by Gasteiger charge is 1.99. The van der Waals surface area contributed by atoms with Gasteiger partial charge in [-0.3, -0.25) is 0 Å². The molecule has 1 N–H and O–H groups in total. The van der Waals surface area contributed by atoms with Crippen LogP contribution >= 0.6 is 0 Å². The lowest BCUT2D eigenvalue weighted by Crippen LogP contribution is -2.03. The fourth-order valence-electron chi connectivity index (χ4n) is 2.06. The van der Waals surface area contributed by atoms with Gasteiger partial charge in [-0.05, 0) is 29.3 Å². The maximum absolute atomic E-state index is 5.83. The molecule has 0 amide bonds. The zero-order chi connectivity index (χ0) is 15.0. The van der Waals surface area contributed by atoms with Crippen LogP contribution in [-0.2, 0) is 13.2 Å². The molecule has 22 heavy (non-hydrogen) atoms. The van der Waals surface area contributed by atoms with Crippen LogP contribution in [0, 0.1) is 0 Å². The summed E-state index contributed by atoms with van der Waals surface area (Å²) >= 11 is 0. The van der Waals surface area contributed by atoms with Crippen molar-refractivity contribution in [2.75, 3.05) is 5.32 Å². The lowest BCUT2D eigenvalue weighted by Gasteiger charge is -2.09. The summed E-state index contributed by atoms with van der Waals surface area (Å²) in [6.07, 6.45) is 3.43. The van der Waals surface area contributed by atoms with E-state index in [9.17, 15) is 0 Å². The van der Waals surface area contributed by atoms with Crippen molar-refractivity contribution in [2.45, 2.75) is 13.2 Å². The molecule has 4 nitrogen and oxygen atoms in total. The fourth-order valence-corrected chi connectivity index (χ4v) is 2.06. The third-order valence-corrected chi connectivity index (χ3v) is 3.16. The van der Waals surface area contributed by atoms with E-state index in [0.717, 1.165) is 16.9 Å². The average molecular weight is 291 g/mol. The van der Waals surface area contributed by atoms with Crippen molar-refractivity contribution in [3.8, 4) is 5.75 Å². The van der Waals surface area contributed by atoms with Gasteiger partial charge in [-0.15, -0.1) is 0 Å². The van der Waals surface area contributed by atoms with Crippen LogP contribution in [0.5, 0.6) is 5.75 Å². The second-order valence-corrected chi connectivity index (χ2v) is 4.85. The Balaban J connectivity index is 1.58. The first-order valence-electron chi connectivity index (χ1n) is 7.17. The van der Waals surface area contributed by atoms with Crippen molar-refractivity contribution in [3.05, 3.63) is 84.2 Å². The van der Waals surface area contributed by atoms with Crippen LogP contribution in [-0.4, -0.2) is 9.97 Å². The summed E-state index contributed by atoms with van der Waals surface area (Å²) in [5.74, 6) is 1.48. The summed E-state index contributed by atoms with van der Waals surface area (Å²) in [5, 5.41) is 3.18. The standard InChI is InChI=1S/C18H17N3O/c1-2-6-15(7-3-1)14-22-17-9-4-8-16(12-17)13-21-18-19-10-5-11-20-18/h1-12H,13-14H2,(H,19,20,21). The van der Waals surface area contributed by atoms with Gasteiger partial charge in [-0.2, -0.15) is 0 Å². The van der Waals surface area contributed by atoms with Crippen LogP contribution in [0.1, 0.15) is 11.1 Å². The number of hydrogen-bond acceptors (Lipinski definition) is 4. The van der Waals surface area contributed by atoms with E-state index >= 15 is 0 Å². The molecule has 3 aromatic rings. The van der Waals surface area contributed by atoms with Gasteiger partial charge in [0.25, 0.3) is 0 Å². The molecule has 4 heteroatoms. The highest BCUT2D eigenvalue weighted by Crippen LogP contribution is 2.16. The van der Waals surface area contributed by atoms with E-state index in [-0.39, 0.29) is 0 Å². The number of nitrogens with zero attached hydrogens (tertiary/aromatic N) is 2. The van der Waals surface area contributed by atoms with Gasteiger partial charge in [0, 0.05) is 18.9 Å². The minimum atomic E-state index is 0.569. The van der Waals surface area contributed by atoms with Gasteiger partial charge in [0.15, 0.2) is 0 Å². The number of aromatic nitrogens is 2. The maximum Gasteiger partial charge on any atom is 0.222 e. The van der Waals surface area contributed by atoms with Crippen molar-refractivity contribution >= 4 is 5.95 Å². The minimum Gasteiger partial charge on any atom is -0.489 e. The molecule has 0 radical (unpaired) electrons. The summed E-state index contributed by atoms with van der Waals surface area (Å²) in [5.41, 5.74) is 2.28. The van der Waals surface area contributed by atoms with E-state index in [4.69, 9.17) is 4.74 Å². The Labute approximate surface area is 129 Å². The number of benzene rings is 2. The van der Waals surface area contributed by atoms with Crippen LogP contribution in [0.25, 0.3) is 0 Å². The van der Waals surface area contributed by atoms with Gasteiger partial charge >= 0.3 is 0 Å². The van der Waals surface area contributed by atoms with Gasteiger partial charge in [0.05, 0.1) is 0 Å². The molecule has 0 unspecified atom stereocenters. The van der Waals surface area contributed by atoms with E-state index in [1.165, 1.54) is 0 Å². The molecule has 1 heterocycles. The minimum absolute atomic E-state index is 0.569. The van der Waals surface area contributed by atoms with Gasteiger partial charge in [0.1, 0.15) is 12.4 Å². The van der Waals surface area contributed by atoms with Crippen LogP contribution in [0.15, 0.2) is 73.1 Å². The van der Waals surface area contributed by atoms with Gasteiger partial charge in [-0.1, -0.05) is 42.5 Å². The molecule has 0 bridgehead atoms. The van der Waals surface area contributed by atoms with Crippen molar-refractivity contribution < 1.29 is 4.74 Å². The van der Waals surface area contributed by atoms with E-state index in [1.54, 1.807) is 18.5 Å². The first-order valence-corrected chi connectivity index (χ1v) is 7.17. The molecule has 1 aromatic heterocycles. The predicted molar refractivity (Wildman–Crippen MR) is 86.6 cm³/mol. The molecule has 0 aliphatic rings. The molecule has 110 valence electrons. The summed E-state index contributed by atoms with van der Waals surface area (Å²) in [6.45, 7) is 1.23. The Morgan fingerprint density at radius 3 is 2.41 bits per heavy atom. The highest BCUT2D eigenvalue weighted by molar-refractivity contribution is 5.32. The number of anilines is 1. The van der Waals surface area contributed by atoms with Gasteiger partial charge in [-0.25, -0.2) is 9.97 Å². The average Bonchev–Trinajstić information content (AvgIpc) is 2.60. The normalized spacial score (nSPS) is 10.2. The lowest BCUT2D eigenvalue weighted by atomic mass is 10.2. The molecule has 0 saturated carbocycles. The van der Waals surface area contributed by atoms with E-state index < -0.39 is 0 Å². The van der Waals surface area contributed by atoms with Crippen molar-refractivity contribution in [2.24, 2.45) is 0 Å². The van der Waals surface area contributed by atoms with E-state index in [0.29, 0.717) is 19.1 Å².